The van der Waals surface area contributed by atoms with Gasteiger partial charge in [0, 0.05) is 6.04 Å². The van der Waals surface area contributed by atoms with Crippen LogP contribution in [-0.2, 0) is 24.1 Å². The lowest BCUT2D eigenvalue weighted by Crippen LogP contribution is -2.57. The minimum Gasteiger partial charge on any atom is -0.465 e. The molecule has 0 spiro atoms. The van der Waals surface area contributed by atoms with Crippen LogP contribution < -0.4 is 0 Å². The molecule has 0 aromatic heterocycles. The lowest BCUT2D eigenvalue weighted by molar-refractivity contribution is -0.143. The first-order chi connectivity index (χ1) is 9.48. The molecule has 1 unspecified atom stereocenters. The van der Waals surface area contributed by atoms with Crippen LogP contribution in [-0.4, -0.2) is 61.2 Å². The summed E-state index contributed by atoms with van der Waals surface area (Å²) in [4.78, 5) is 25.2. The minimum absolute atomic E-state index is 0.0901. The number of amides is 1. The van der Waals surface area contributed by atoms with Crippen molar-refractivity contribution in [3.63, 3.8) is 0 Å². The van der Waals surface area contributed by atoms with Crippen molar-refractivity contribution in [2.45, 2.75) is 51.5 Å². The van der Waals surface area contributed by atoms with Gasteiger partial charge in [0.15, 0.2) is 15.1 Å². The van der Waals surface area contributed by atoms with Crippen LogP contribution in [0.1, 0.15) is 34.6 Å². The highest BCUT2D eigenvalue weighted by molar-refractivity contribution is 7.92. The van der Waals surface area contributed by atoms with Crippen LogP contribution in [0.2, 0.25) is 0 Å². The van der Waals surface area contributed by atoms with Gasteiger partial charge in [-0.05, 0) is 34.6 Å². The van der Waals surface area contributed by atoms with Crippen molar-refractivity contribution in [1.29, 1.82) is 0 Å². The third kappa shape index (κ3) is 4.59. The molecule has 1 aliphatic rings. The molecule has 0 N–H and O–H groups in total. The van der Waals surface area contributed by atoms with Gasteiger partial charge in [0.2, 0.25) is 0 Å². The van der Waals surface area contributed by atoms with Crippen molar-refractivity contribution in [3.8, 4) is 0 Å². The molecular weight excluding hydrogens is 298 g/mol. The Balaban J connectivity index is 2.94. The first-order valence-corrected chi connectivity index (χ1v) is 8.57. The van der Waals surface area contributed by atoms with E-state index in [0.29, 0.717) is 0 Å². The summed E-state index contributed by atoms with van der Waals surface area (Å²) in [6.07, 6.45) is -0.626. The lowest BCUT2D eigenvalue weighted by atomic mass is 10.2. The van der Waals surface area contributed by atoms with Gasteiger partial charge in [0.25, 0.3) is 0 Å². The second kappa shape index (κ2) is 6.21. The molecule has 122 valence electrons. The summed E-state index contributed by atoms with van der Waals surface area (Å²) in [6.45, 7) is 8.23. The summed E-state index contributed by atoms with van der Waals surface area (Å²) in [6, 6.07) is -0.546. The van der Waals surface area contributed by atoms with Gasteiger partial charge in [-0.3, -0.25) is 4.79 Å². The average Bonchev–Trinajstić information content (AvgIpc) is 2.24. The number of hydrogen-bond donors (Lipinski definition) is 0. The van der Waals surface area contributed by atoms with Crippen LogP contribution in [0, 0.1) is 0 Å². The summed E-state index contributed by atoms with van der Waals surface area (Å²) in [7, 11) is -3.63. The highest BCUT2D eigenvalue weighted by Gasteiger charge is 2.45. The molecule has 0 bridgehead atoms. The van der Waals surface area contributed by atoms with E-state index >= 15 is 0 Å². The van der Waals surface area contributed by atoms with E-state index in [1.165, 1.54) is 4.90 Å². The van der Waals surface area contributed by atoms with Crippen molar-refractivity contribution < 1.29 is 27.5 Å². The summed E-state index contributed by atoms with van der Waals surface area (Å²) >= 11 is 0. The predicted octanol–water partition coefficient (Wildman–Crippen LogP) is 0.972. The third-order valence-corrected chi connectivity index (χ3v) is 5.13. The van der Waals surface area contributed by atoms with Gasteiger partial charge < -0.3 is 14.4 Å². The first-order valence-electron chi connectivity index (χ1n) is 6.85. The summed E-state index contributed by atoms with van der Waals surface area (Å²) in [5.41, 5.74) is -0.688. The minimum atomic E-state index is -3.63. The Morgan fingerprint density at radius 3 is 2.33 bits per heavy atom. The largest absolute Gasteiger partial charge is 0.465 e. The fourth-order valence-corrected chi connectivity index (χ4v) is 3.88. The second-order valence-corrected chi connectivity index (χ2v) is 8.28. The van der Waals surface area contributed by atoms with Crippen molar-refractivity contribution in [2.75, 3.05) is 18.9 Å². The Labute approximate surface area is 125 Å². The van der Waals surface area contributed by atoms with E-state index in [4.69, 9.17) is 9.47 Å². The zero-order valence-corrected chi connectivity index (χ0v) is 13.9. The van der Waals surface area contributed by atoms with E-state index in [2.05, 4.69) is 0 Å². The van der Waals surface area contributed by atoms with Gasteiger partial charge in [-0.2, -0.15) is 0 Å². The first kappa shape index (κ1) is 17.7. The van der Waals surface area contributed by atoms with E-state index in [9.17, 15) is 18.0 Å². The molecule has 21 heavy (non-hydrogen) atoms. The van der Waals surface area contributed by atoms with Crippen molar-refractivity contribution in [1.82, 2.24) is 4.90 Å². The normalized spacial score (nSPS) is 25.3. The topological polar surface area (TPSA) is 90.0 Å². The number of esters is 1. The van der Waals surface area contributed by atoms with E-state index in [1.807, 2.05) is 0 Å². The number of hydrogen-bond acceptors (Lipinski definition) is 6. The molecule has 0 aromatic rings. The third-order valence-electron chi connectivity index (χ3n) is 2.98. The zero-order valence-electron chi connectivity index (χ0n) is 13.1. The van der Waals surface area contributed by atoms with Crippen LogP contribution in [0.15, 0.2) is 0 Å². The Hall–Kier alpha value is -1.31. The second-order valence-electron chi connectivity index (χ2n) is 6.05. The molecule has 1 heterocycles. The van der Waals surface area contributed by atoms with Crippen LogP contribution in [0.25, 0.3) is 0 Å². The Bertz CT molecular complexity index is 507. The molecule has 0 aromatic carbocycles. The van der Waals surface area contributed by atoms with Gasteiger partial charge in [-0.25, -0.2) is 13.2 Å². The molecule has 7 nitrogen and oxygen atoms in total. The molecule has 1 aliphatic heterocycles. The van der Waals surface area contributed by atoms with Crippen LogP contribution in [0.5, 0.6) is 0 Å². The molecule has 0 aliphatic carbocycles. The zero-order chi connectivity index (χ0) is 16.4. The van der Waals surface area contributed by atoms with Gasteiger partial charge in [-0.15, -0.1) is 0 Å². The SMILES string of the molecule is CCOC(=O)C1CN(C(=O)OC(C)(C)C)[C@H](C)CS1(=O)=O. The van der Waals surface area contributed by atoms with E-state index < -0.39 is 38.8 Å². The Kier molecular flexibility index (Phi) is 5.25. The van der Waals surface area contributed by atoms with E-state index in [0.717, 1.165) is 0 Å². The number of nitrogens with zero attached hydrogens (tertiary/aromatic N) is 1. The number of ether oxygens (including phenoxy) is 2. The molecular formula is C13H23NO6S. The van der Waals surface area contributed by atoms with Crippen LogP contribution in [0.3, 0.4) is 0 Å². The average molecular weight is 321 g/mol. The standard InChI is InChI=1S/C13H23NO6S/c1-6-19-11(15)10-7-14(9(2)8-21(10,17)18)12(16)20-13(3,4)5/h9-10H,6-8H2,1-5H3/t9-,10?/m1/s1. The van der Waals surface area contributed by atoms with Crippen molar-refractivity contribution >= 4 is 21.9 Å². The maximum absolute atomic E-state index is 12.1. The molecule has 0 radical (unpaired) electrons. The Morgan fingerprint density at radius 1 is 1.29 bits per heavy atom. The number of rotatable bonds is 2. The molecule has 1 rings (SSSR count). The van der Waals surface area contributed by atoms with Crippen molar-refractivity contribution in [2.24, 2.45) is 0 Å². The maximum atomic E-state index is 12.1. The summed E-state index contributed by atoms with van der Waals surface area (Å²) < 4.78 is 34.2. The molecule has 1 fully saturated rings. The van der Waals surface area contributed by atoms with Crippen molar-refractivity contribution in [3.05, 3.63) is 0 Å². The summed E-state index contributed by atoms with van der Waals surface area (Å²) in [5.74, 6) is -1.10. The highest BCUT2D eigenvalue weighted by Crippen LogP contribution is 2.21. The number of carbonyl (C=O) groups excluding carboxylic acids is 2. The quantitative estimate of drug-likeness (QED) is 0.704. The monoisotopic (exact) mass is 321 g/mol. The van der Waals surface area contributed by atoms with Crippen LogP contribution >= 0.6 is 0 Å². The van der Waals surface area contributed by atoms with E-state index in [1.54, 1.807) is 34.6 Å². The molecule has 2 atom stereocenters. The Morgan fingerprint density at radius 2 is 1.86 bits per heavy atom. The highest BCUT2D eigenvalue weighted by atomic mass is 32.2. The fourth-order valence-electron chi connectivity index (χ4n) is 2.05. The summed E-state index contributed by atoms with van der Waals surface area (Å²) in [5, 5.41) is -1.35. The number of carbonyl (C=O) groups is 2. The maximum Gasteiger partial charge on any atom is 0.410 e. The smallest absolute Gasteiger partial charge is 0.410 e. The van der Waals surface area contributed by atoms with Gasteiger partial charge >= 0.3 is 12.1 Å². The molecule has 1 amide bonds. The van der Waals surface area contributed by atoms with Gasteiger partial charge in [-0.1, -0.05) is 0 Å². The molecule has 8 heteroatoms. The van der Waals surface area contributed by atoms with Gasteiger partial charge in [0.1, 0.15) is 5.60 Å². The lowest BCUT2D eigenvalue weighted by Gasteiger charge is -2.37. The van der Waals surface area contributed by atoms with Gasteiger partial charge in [0.05, 0.1) is 18.9 Å². The number of sulfone groups is 1. The van der Waals surface area contributed by atoms with Crippen LogP contribution in [0.4, 0.5) is 4.79 Å². The fraction of sp³-hybridized carbons (Fsp3) is 0.846. The van der Waals surface area contributed by atoms with E-state index in [-0.39, 0.29) is 18.9 Å². The predicted molar refractivity (Wildman–Crippen MR) is 76.6 cm³/mol. The molecule has 1 saturated heterocycles. The molecule has 0 saturated carbocycles.